The summed E-state index contributed by atoms with van der Waals surface area (Å²) in [5, 5.41) is 12.9. The molecule has 1 amide bonds. The molecule has 1 heterocycles. The predicted molar refractivity (Wildman–Crippen MR) is 108 cm³/mol. The molecule has 1 saturated carbocycles. The molecule has 1 aromatic heterocycles. The summed E-state index contributed by atoms with van der Waals surface area (Å²) in [6.07, 6.45) is 8.37. The van der Waals surface area contributed by atoms with Crippen LogP contribution in [0.15, 0.2) is 0 Å². The molecule has 0 spiro atoms. The van der Waals surface area contributed by atoms with E-state index >= 15 is 0 Å². The number of carboxylic acids is 1. The van der Waals surface area contributed by atoms with Crippen LogP contribution >= 0.6 is 11.3 Å². The second kappa shape index (κ2) is 9.54. The van der Waals surface area contributed by atoms with Gasteiger partial charge in [-0.3, -0.25) is 9.59 Å². The van der Waals surface area contributed by atoms with Crippen LogP contribution in [0.3, 0.4) is 0 Å². The molecule has 2 aliphatic rings. The smallest absolute Gasteiger partial charge is 0.341 e. The second-order valence-electron chi connectivity index (χ2n) is 7.73. The standard InChI is InChI=1S/C21H29NO5S/c1-2-3-12-27-21(26)17-15-10-6-7-11-16(15)28-19(17)22-18(23)13-8-4-5-9-14(13)20(24)25/h13-14H,2-12H2,1H3,(H,22,23)(H,24,25)/t13-,14-/m1/s1. The Morgan fingerprint density at radius 1 is 1.11 bits per heavy atom. The number of thiophene rings is 1. The highest BCUT2D eigenvalue weighted by Gasteiger charge is 2.37. The van der Waals surface area contributed by atoms with Crippen molar-refractivity contribution in [3.05, 3.63) is 16.0 Å². The first-order valence-corrected chi connectivity index (χ1v) is 11.2. The molecular formula is C21H29NO5S. The van der Waals surface area contributed by atoms with E-state index in [9.17, 15) is 19.5 Å². The van der Waals surface area contributed by atoms with Crippen molar-refractivity contribution in [2.45, 2.75) is 71.1 Å². The normalized spacial score (nSPS) is 21.6. The van der Waals surface area contributed by atoms with Crippen LogP contribution in [0.25, 0.3) is 0 Å². The largest absolute Gasteiger partial charge is 0.481 e. The Morgan fingerprint density at radius 2 is 1.82 bits per heavy atom. The third-order valence-corrected chi connectivity index (χ3v) is 6.97. The van der Waals surface area contributed by atoms with Crippen LogP contribution in [0.5, 0.6) is 0 Å². The van der Waals surface area contributed by atoms with Gasteiger partial charge in [0.25, 0.3) is 0 Å². The number of carbonyl (C=O) groups excluding carboxylic acids is 2. The van der Waals surface area contributed by atoms with Gasteiger partial charge in [0, 0.05) is 4.88 Å². The number of hydrogen-bond acceptors (Lipinski definition) is 5. The zero-order valence-corrected chi connectivity index (χ0v) is 17.2. The number of esters is 1. The fourth-order valence-electron chi connectivity index (χ4n) is 4.20. The number of aliphatic carboxylic acids is 1. The Hall–Kier alpha value is -1.89. The van der Waals surface area contributed by atoms with E-state index in [4.69, 9.17) is 4.74 Å². The average Bonchev–Trinajstić information content (AvgIpc) is 3.05. The highest BCUT2D eigenvalue weighted by Crippen LogP contribution is 2.40. The van der Waals surface area contributed by atoms with Crippen LogP contribution in [-0.4, -0.2) is 29.6 Å². The quantitative estimate of drug-likeness (QED) is 0.516. The third kappa shape index (κ3) is 4.57. The first-order valence-electron chi connectivity index (χ1n) is 10.4. The molecule has 28 heavy (non-hydrogen) atoms. The summed E-state index contributed by atoms with van der Waals surface area (Å²) in [4.78, 5) is 38.3. The number of fused-ring (bicyclic) bond motifs is 1. The lowest BCUT2D eigenvalue weighted by molar-refractivity contribution is -0.147. The van der Waals surface area contributed by atoms with Crippen LogP contribution in [0.1, 0.15) is 79.1 Å². The maximum Gasteiger partial charge on any atom is 0.341 e. The molecule has 0 saturated heterocycles. The van der Waals surface area contributed by atoms with Gasteiger partial charge >= 0.3 is 11.9 Å². The fourth-order valence-corrected chi connectivity index (χ4v) is 5.48. The molecule has 0 bridgehead atoms. The Kier molecular flexibility index (Phi) is 7.10. The monoisotopic (exact) mass is 407 g/mol. The van der Waals surface area contributed by atoms with Gasteiger partial charge in [0.05, 0.1) is 24.0 Å². The number of unbranched alkanes of at least 4 members (excludes halogenated alkanes) is 1. The van der Waals surface area contributed by atoms with Gasteiger partial charge in [-0.25, -0.2) is 4.79 Å². The van der Waals surface area contributed by atoms with Crippen LogP contribution in [0, 0.1) is 11.8 Å². The van der Waals surface area contributed by atoms with Crippen LogP contribution in [0.2, 0.25) is 0 Å². The zero-order chi connectivity index (χ0) is 20.1. The Balaban J connectivity index is 1.82. The first-order chi connectivity index (χ1) is 13.5. The summed E-state index contributed by atoms with van der Waals surface area (Å²) in [7, 11) is 0. The molecular weight excluding hydrogens is 378 g/mol. The Morgan fingerprint density at radius 3 is 2.54 bits per heavy atom. The van der Waals surface area contributed by atoms with E-state index in [1.165, 1.54) is 11.3 Å². The van der Waals surface area contributed by atoms with E-state index in [1.807, 2.05) is 6.92 Å². The van der Waals surface area contributed by atoms with E-state index in [0.717, 1.165) is 61.8 Å². The van der Waals surface area contributed by atoms with Crippen molar-refractivity contribution in [1.82, 2.24) is 0 Å². The van der Waals surface area contributed by atoms with E-state index in [0.29, 0.717) is 30.0 Å². The summed E-state index contributed by atoms with van der Waals surface area (Å²) >= 11 is 1.45. The number of rotatable bonds is 7. The number of aryl methyl sites for hydroxylation is 1. The van der Waals surface area contributed by atoms with Gasteiger partial charge < -0.3 is 15.2 Å². The van der Waals surface area contributed by atoms with Crippen LogP contribution < -0.4 is 5.32 Å². The van der Waals surface area contributed by atoms with E-state index in [1.54, 1.807) is 0 Å². The number of nitrogens with one attached hydrogen (secondary N) is 1. The molecule has 2 aliphatic carbocycles. The zero-order valence-electron chi connectivity index (χ0n) is 16.4. The van der Waals surface area contributed by atoms with E-state index < -0.39 is 17.8 Å². The van der Waals surface area contributed by atoms with Crippen molar-refractivity contribution in [1.29, 1.82) is 0 Å². The second-order valence-corrected chi connectivity index (χ2v) is 8.83. The highest BCUT2D eigenvalue weighted by molar-refractivity contribution is 7.17. The number of carboxylic acid groups (broad SMARTS) is 1. The molecule has 0 unspecified atom stereocenters. The lowest BCUT2D eigenvalue weighted by Gasteiger charge is -2.27. The maximum atomic E-state index is 12.9. The number of ether oxygens (including phenoxy) is 1. The lowest BCUT2D eigenvalue weighted by atomic mass is 9.78. The minimum atomic E-state index is -0.912. The number of carbonyl (C=O) groups is 3. The summed E-state index contributed by atoms with van der Waals surface area (Å²) in [6.45, 7) is 2.41. The van der Waals surface area contributed by atoms with Gasteiger partial charge in [0.1, 0.15) is 5.00 Å². The topological polar surface area (TPSA) is 92.7 Å². The molecule has 2 N–H and O–H groups in total. The molecule has 0 radical (unpaired) electrons. The molecule has 2 atom stereocenters. The van der Waals surface area contributed by atoms with E-state index in [2.05, 4.69) is 5.32 Å². The molecule has 0 aromatic carbocycles. The summed E-state index contributed by atoms with van der Waals surface area (Å²) in [6, 6.07) is 0. The number of anilines is 1. The van der Waals surface area contributed by atoms with Gasteiger partial charge in [-0.15, -0.1) is 11.3 Å². The third-order valence-electron chi connectivity index (χ3n) is 5.76. The summed E-state index contributed by atoms with van der Waals surface area (Å²) < 4.78 is 5.44. The SMILES string of the molecule is CCCCOC(=O)c1c(NC(=O)[C@@H]2CCCC[C@H]2C(=O)O)sc2c1CCCC2. The molecule has 1 fully saturated rings. The fraction of sp³-hybridized carbons (Fsp3) is 0.667. The summed E-state index contributed by atoms with van der Waals surface area (Å²) in [5.74, 6) is -2.77. The van der Waals surface area contributed by atoms with Crippen molar-refractivity contribution >= 4 is 34.2 Å². The van der Waals surface area contributed by atoms with Crippen molar-refractivity contribution < 1.29 is 24.2 Å². The Bertz CT molecular complexity index is 741. The Labute approximate surface area is 169 Å². The van der Waals surface area contributed by atoms with Crippen LogP contribution in [-0.2, 0) is 27.2 Å². The minimum absolute atomic E-state index is 0.284. The van der Waals surface area contributed by atoms with Gasteiger partial charge in [0.15, 0.2) is 0 Å². The van der Waals surface area contributed by atoms with Crippen LogP contribution in [0.4, 0.5) is 5.00 Å². The van der Waals surface area contributed by atoms with Gasteiger partial charge in [-0.2, -0.15) is 0 Å². The molecule has 3 rings (SSSR count). The predicted octanol–water partition coefficient (Wildman–Crippen LogP) is 4.41. The number of hydrogen-bond donors (Lipinski definition) is 2. The lowest BCUT2D eigenvalue weighted by Crippen LogP contribution is -2.36. The van der Waals surface area contributed by atoms with Gasteiger partial charge in [0.2, 0.25) is 5.91 Å². The van der Waals surface area contributed by atoms with Gasteiger partial charge in [-0.1, -0.05) is 26.2 Å². The van der Waals surface area contributed by atoms with Gasteiger partial charge in [-0.05, 0) is 50.5 Å². The molecule has 6 nitrogen and oxygen atoms in total. The minimum Gasteiger partial charge on any atom is -0.481 e. The van der Waals surface area contributed by atoms with Crippen molar-refractivity contribution in [3.63, 3.8) is 0 Å². The van der Waals surface area contributed by atoms with Crippen molar-refractivity contribution in [2.75, 3.05) is 11.9 Å². The molecule has 0 aliphatic heterocycles. The summed E-state index contributed by atoms with van der Waals surface area (Å²) in [5.41, 5.74) is 1.50. The maximum absolute atomic E-state index is 12.9. The number of amides is 1. The molecule has 1 aromatic rings. The van der Waals surface area contributed by atoms with Crippen molar-refractivity contribution in [2.24, 2.45) is 11.8 Å². The highest BCUT2D eigenvalue weighted by atomic mass is 32.1. The first kappa shape index (κ1) is 20.8. The molecule has 7 heteroatoms. The molecule has 154 valence electrons. The average molecular weight is 408 g/mol. The van der Waals surface area contributed by atoms with E-state index in [-0.39, 0.29) is 11.9 Å². The van der Waals surface area contributed by atoms with Crippen molar-refractivity contribution in [3.8, 4) is 0 Å².